The number of carbonyl (C=O) groups is 2. The number of nitrogens with one attached hydrogen (secondary N) is 1. The summed E-state index contributed by atoms with van der Waals surface area (Å²) in [6.07, 6.45) is -0.142. The van der Waals surface area contributed by atoms with Gasteiger partial charge in [0.15, 0.2) is 0 Å². The summed E-state index contributed by atoms with van der Waals surface area (Å²) in [6.45, 7) is 1.35. The van der Waals surface area contributed by atoms with Crippen molar-refractivity contribution in [3.63, 3.8) is 0 Å². The lowest BCUT2D eigenvalue weighted by Crippen LogP contribution is -2.27. The zero-order valence-corrected chi connectivity index (χ0v) is 9.56. The van der Waals surface area contributed by atoms with E-state index < -0.39 is 12.0 Å². The fraction of sp³-hybridized carbons (Fsp3) is 0.333. The van der Waals surface area contributed by atoms with E-state index in [0.29, 0.717) is 4.34 Å². The van der Waals surface area contributed by atoms with Crippen molar-refractivity contribution in [2.45, 2.75) is 19.4 Å². The van der Waals surface area contributed by atoms with Crippen molar-refractivity contribution in [2.75, 3.05) is 0 Å². The van der Waals surface area contributed by atoms with Crippen molar-refractivity contribution in [2.24, 2.45) is 0 Å². The van der Waals surface area contributed by atoms with E-state index in [2.05, 4.69) is 5.32 Å². The van der Waals surface area contributed by atoms with E-state index in [1.54, 1.807) is 12.1 Å². The Hall–Kier alpha value is -1.07. The summed E-state index contributed by atoms with van der Waals surface area (Å²) < 4.78 is 0.575. The molecule has 0 aliphatic carbocycles. The van der Waals surface area contributed by atoms with Gasteiger partial charge in [0.2, 0.25) is 5.91 Å². The van der Waals surface area contributed by atoms with Crippen LogP contribution < -0.4 is 5.32 Å². The third-order valence-electron chi connectivity index (χ3n) is 1.69. The van der Waals surface area contributed by atoms with Crippen molar-refractivity contribution in [1.29, 1.82) is 0 Å². The number of amides is 1. The monoisotopic (exact) mass is 247 g/mol. The van der Waals surface area contributed by atoms with Crippen LogP contribution in [0.2, 0.25) is 4.34 Å². The predicted molar refractivity (Wildman–Crippen MR) is 58.1 cm³/mol. The number of carboxylic acid groups (broad SMARTS) is 1. The normalized spacial score (nSPS) is 12.1. The highest BCUT2D eigenvalue weighted by atomic mass is 35.5. The Labute approximate surface area is 95.9 Å². The number of aliphatic carboxylic acids is 1. The van der Waals surface area contributed by atoms with Gasteiger partial charge in [0.05, 0.1) is 16.8 Å². The smallest absolute Gasteiger partial charge is 0.305 e. The maximum absolute atomic E-state index is 10.9. The summed E-state index contributed by atoms with van der Waals surface area (Å²) in [4.78, 5) is 22.2. The quantitative estimate of drug-likeness (QED) is 0.856. The molecule has 0 spiro atoms. The largest absolute Gasteiger partial charge is 0.481 e. The molecule has 2 N–H and O–H groups in total. The topological polar surface area (TPSA) is 66.4 Å². The summed E-state index contributed by atoms with van der Waals surface area (Å²) in [5.41, 5.74) is 0. The highest BCUT2D eigenvalue weighted by Gasteiger charge is 2.18. The van der Waals surface area contributed by atoms with Gasteiger partial charge in [0.25, 0.3) is 0 Å². The van der Waals surface area contributed by atoms with Gasteiger partial charge in [-0.2, -0.15) is 0 Å². The van der Waals surface area contributed by atoms with Crippen LogP contribution >= 0.6 is 22.9 Å². The second kappa shape index (κ2) is 5.14. The maximum Gasteiger partial charge on any atom is 0.305 e. The molecule has 0 aliphatic rings. The Kier molecular flexibility index (Phi) is 4.11. The Morgan fingerprint density at radius 3 is 2.67 bits per heavy atom. The molecular weight excluding hydrogens is 238 g/mol. The Balaban J connectivity index is 2.80. The predicted octanol–water partition coefficient (Wildman–Crippen LogP) is 2.05. The highest BCUT2D eigenvalue weighted by Crippen LogP contribution is 2.28. The molecule has 0 aliphatic heterocycles. The van der Waals surface area contributed by atoms with Gasteiger partial charge in [-0.1, -0.05) is 11.6 Å². The van der Waals surface area contributed by atoms with E-state index in [-0.39, 0.29) is 12.3 Å². The number of halogens is 1. The number of hydrogen-bond acceptors (Lipinski definition) is 3. The second-order valence-electron chi connectivity index (χ2n) is 2.99. The summed E-state index contributed by atoms with van der Waals surface area (Å²) in [5.74, 6) is -1.22. The van der Waals surface area contributed by atoms with E-state index >= 15 is 0 Å². The maximum atomic E-state index is 10.9. The van der Waals surface area contributed by atoms with Crippen LogP contribution in [0.5, 0.6) is 0 Å². The van der Waals surface area contributed by atoms with Crippen LogP contribution in [0.4, 0.5) is 0 Å². The number of rotatable bonds is 4. The van der Waals surface area contributed by atoms with Gasteiger partial charge in [-0.3, -0.25) is 9.59 Å². The van der Waals surface area contributed by atoms with E-state index in [1.807, 2.05) is 0 Å². The first kappa shape index (κ1) is 12.0. The number of carboxylic acids is 1. The molecule has 0 bridgehead atoms. The van der Waals surface area contributed by atoms with Crippen molar-refractivity contribution in [3.05, 3.63) is 21.3 Å². The fourth-order valence-corrected chi connectivity index (χ4v) is 2.27. The zero-order chi connectivity index (χ0) is 11.4. The van der Waals surface area contributed by atoms with E-state index in [9.17, 15) is 9.59 Å². The van der Waals surface area contributed by atoms with E-state index in [0.717, 1.165) is 4.88 Å². The lowest BCUT2D eigenvalue weighted by atomic mass is 10.1. The van der Waals surface area contributed by atoms with Gasteiger partial charge < -0.3 is 10.4 Å². The molecule has 0 fully saturated rings. The van der Waals surface area contributed by atoms with Crippen molar-refractivity contribution >= 4 is 34.8 Å². The van der Waals surface area contributed by atoms with E-state index in [1.165, 1.54) is 18.3 Å². The SMILES string of the molecule is CC(=O)N[C@H](CC(=O)O)c1ccc(Cl)s1. The molecule has 0 saturated carbocycles. The molecule has 15 heavy (non-hydrogen) atoms. The van der Waals surface area contributed by atoms with E-state index in [4.69, 9.17) is 16.7 Å². The molecule has 82 valence electrons. The molecule has 1 aromatic heterocycles. The average molecular weight is 248 g/mol. The Morgan fingerprint density at radius 1 is 1.60 bits per heavy atom. The lowest BCUT2D eigenvalue weighted by molar-refractivity contribution is -0.137. The van der Waals surface area contributed by atoms with Crippen molar-refractivity contribution < 1.29 is 14.7 Å². The highest BCUT2D eigenvalue weighted by molar-refractivity contribution is 7.16. The summed E-state index contributed by atoms with van der Waals surface area (Å²) in [5, 5.41) is 11.3. The number of carbonyl (C=O) groups excluding carboxylic acids is 1. The summed E-state index contributed by atoms with van der Waals surface area (Å²) in [7, 11) is 0. The zero-order valence-electron chi connectivity index (χ0n) is 7.99. The van der Waals surface area contributed by atoms with Crippen LogP contribution in [0.15, 0.2) is 12.1 Å². The molecule has 1 amide bonds. The first-order valence-electron chi connectivity index (χ1n) is 4.23. The lowest BCUT2D eigenvalue weighted by Gasteiger charge is -2.13. The van der Waals surface area contributed by atoms with Crippen LogP contribution in [0.25, 0.3) is 0 Å². The minimum absolute atomic E-state index is 0.142. The van der Waals surface area contributed by atoms with Gasteiger partial charge in [-0.05, 0) is 12.1 Å². The van der Waals surface area contributed by atoms with Gasteiger partial charge in [-0.15, -0.1) is 11.3 Å². The van der Waals surface area contributed by atoms with Crippen LogP contribution in [0.1, 0.15) is 24.3 Å². The van der Waals surface area contributed by atoms with Gasteiger partial charge in [0.1, 0.15) is 0 Å². The molecule has 0 aromatic carbocycles. The molecule has 1 atom stereocenters. The second-order valence-corrected chi connectivity index (χ2v) is 4.74. The minimum atomic E-state index is -0.960. The van der Waals surface area contributed by atoms with Gasteiger partial charge in [-0.25, -0.2) is 0 Å². The number of hydrogen-bond donors (Lipinski definition) is 2. The Morgan fingerprint density at radius 2 is 2.27 bits per heavy atom. The molecule has 1 rings (SSSR count). The molecule has 0 radical (unpaired) electrons. The molecular formula is C9H10ClNO3S. The molecule has 1 heterocycles. The minimum Gasteiger partial charge on any atom is -0.481 e. The van der Waals surface area contributed by atoms with Gasteiger partial charge >= 0.3 is 5.97 Å². The van der Waals surface area contributed by atoms with Crippen molar-refractivity contribution in [1.82, 2.24) is 5.32 Å². The molecule has 0 saturated heterocycles. The Bertz CT molecular complexity index is 361. The van der Waals surface area contributed by atoms with Crippen molar-refractivity contribution in [3.8, 4) is 0 Å². The molecule has 6 heteroatoms. The third kappa shape index (κ3) is 3.89. The first-order valence-corrected chi connectivity index (χ1v) is 5.42. The molecule has 4 nitrogen and oxygen atoms in total. The summed E-state index contributed by atoms with van der Waals surface area (Å²) >= 11 is 7.00. The molecule has 1 aromatic rings. The molecule has 0 unspecified atom stereocenters. The van der Waals surface area contributed by atoms with Crippen LogP contribution in [-0.4, -0.2) is 17.0 Å². The van der Waals surface area contributed by atoms with Crippen LogP contribution in [-0.2, 0) is 9.59 Å². The third-order valence-corrected chi connectivity index (χ3v) is 3.04. The average Bonchev–Trinajstić information content (AvgIpc) is 2.48. The first-order chi connectivity index (χ1) is 6.99. The summed E-state index contributed by atoms with van der Waals surface area (Å²) in [6, 6.07) is 2.90. The van der Waals surface area contributed by atoms with Gasteiger partial charge in [0, 0.05) is 11.8 Å². The van der Waals surface area contributed by atoms with Crippen LogP contribution in [0.3, 0.4) is 0 Å². The number of thiophene rings is 1. The van der Waals surface area contributed by atoms with Crippen LogP contribution in [0, 0.1) is 0 Å². The fourth-order valence-electron chi connectivity index (χ4n) is 1.16. The standard InChI is InChI=1S/C9H10ClNO3S/c1-5(12)11-6(4-9(13)14)7-2-3-8(10)15-7/h2-3,6H,4H2,1H3,(H,11,12)(H,13,14)/t6-/m1/s1.